The highest BCUT2D eigenvalue weighted by molar-refractivity contribution is 5.20. The zero-order valence-electron chi connectivity index (χ0n) is 11.3. The second-order valence-corrected chi connectivity index (χ2v) is 4.67. The molecule has 0 spiro atoms. The van der Waals surface area contributed by atoms with Crippen LogP contribution in [0.5, 0.6) is 5.75 Å². The number of nitrogens with zero attached hydrogens (tertiary/aromatic N) is 2. The summed E-state index contributed by atoms with van der Waals surface area (Å²) < 4.78 is 5.65. The van der Waals surface area contributed by atoms with Gasteiger partial charge in [0.1, 0.15) is 12.4 Å². The first kappa shape index (κ1) is 13.5. The highest BCUT2D eigenvalue weighted by Crippen LogP contribution is 2.11. The van der Waals surface area contributed by atoms with Crippen LogP contribution < -0.4 is 10.1 Å². The van der Waals surface area contributed by atoms with Crippen molar-refractivity contribution in [1.29, 1.82) is 0 Å². The van der Waals surface area contributed by atoms with Gasteiger partial charge in [0.05, 0.1) is 11.9 Å². The molecular weight excluding hydrogens is 238 g/mol. The Bertz CT molecular complexity index is 483. The highest BCUT2D eigenvalue weighted by atomic mass is 16.5. The van der Waals surface area contributed by atoms with Crippen molar-refractivity contribution in [2.24, 2.45) is 0 Å². The van der Waals surface area contributed by atoms with Crippen LogP contribution in [0.4, 0.5) is 0 Å². The van der Waals surface area contributed by atoms with Gasteiger partial charge in [0.2, 0.25) is 0 Å². The van der Waals surface area contributed by atoms with Gasteiger partial charge in [-0.2, -0.15) is 0 Å². The van der Waals surface area contributed by atoms with Crippen LogP contribution in [0.25, 0.3) is 0 Å². The number of rotatable bonds is 6. The van der Waals surface area contributed by atoms with E-state index in [1.165, 1.54) is 0 Å². The van der Waals surface area contributed by atoms with Crippen molar-refractivity contribution in [1.82, 2.24) is 15.3 Å². The van der Waals surface area contributed by atoms with Crippen LogP contribution in [0.3, 0.4) is 0 Å². The Balaban J connectivity index is 1.85. The number of hydrogen-bond donors (Lipinski definition) is 1. The van der Waals surface area contributed by atoms with Crippen LogP contribution in [0, 0.1) is 0 Å². The van der Waals surface area contributed by atoms with Gasteiger partial charge in [-0.05, 0) is 18.2 Å². The molecule has 0 fully saturated rings. The molecule has 0 radical (unpaired) electrons. The first-order valence-electron chi connectivity index (χ1n) is 6.44. The van der Waals surface area contributed by atoms with Crippen molar-refractivity contribution >= 4 is 0 Å². The third kappa shape index (κ3) is 4.67. The van der Waals surface area contributed by atoms with E-state index in [4.69, 9.17) is 4.74 Å². The molecule has 0 amide bonds. The monoisotopic (exact) mass is 257 g/mol. The molecular formula is C15H19N3O. The summed E-state index contributed by atoms with van der Waals surface area (Å²) in [6.07, 6.45) is 5.31. The molecule has 0 unspecified atom stereocenters. The van der Waals surface area contributed by atoms with Crippen molar-refractivity contribution in [3.05, 3.63) is 54.1 Å². The van der Waals surface area contributed by atoms with Crippen LogP contribution in [0.15, 0.2) is 42.9 Å². The summed E-state index contributed by atoms with van der Waals surface area (Å²) in [6, 6.07) is 8.27. The largest absolute Gasteiger partial charge is 0.487 e. The predicted octanol–water partition coefficient (Wildman–Crippen LogP) is 2.55. The van der Waals surface area contributed by atoms with Crippen LogP contribution in [-0.2, 0) is 13.2 Å². The Morgan fingerprint density at radius 1 is 1.21 bits per heavy atom. The van der Waals surface area contributed by atoms with E-state index < -0.39 is 0 Å². The Kier molecular flexibility index (Phi) is 4.86. The quantitative estimate of drug-likeness (QED) is 0.864. The summed E-state index contributed by atoms with van der Waals surface area (Å²) in [7, 11) is 0. The van der Waals surface area contributed by atoms with Gasteiger partial charge in [0.15, 0.2) is 0 Å². The molecule has 0 saturated carbocycles. The topological polar surface area (TPSA) is 47.0 Å². The molecule has 19 heavy (non-hydrogen) atoms. The van der Waals surface area contributed by atoms with Gasteiger partial charge in [-0.15, -0.1) is 0 Å². The lowest BCUT2D eigenvalue weighted by molar-refractivity contribution is 0.304. The van der Waals surface area contributed by atoms with Crippen molar-refractivity contribution < 1.29 is 4.74 Å². The van der Waals surface area contributed by atoms with Gasteiger partial charge in [-0.25, -0.2) is 0 Å². The molecule has 4 nitrogen and oxygen atoms in total. The first-order chi connectivity index (χ1) is 9.24. The highest BCUT2D eigenvalue weighted by Gasteiger charge is 1.99. The predicted molar refractivity (Wildman–Crippen MR) is 74.8 cm³/mol. The fourth-order valence-electron chi connectivity index (χ4n) is 1.56. The standard InChI is InChI=1S/C15H19N3O/c1-12(2)17-9-14-5-6-15(10-18-14)19-11-13-4-3-7-16-8-13/h3-8,10,12,17H,9,11H2,1-2H3. The molecule has 2 rings (SSSR count). The summed E-state index contributed by atoms with van der Waals surface area (Å²) in [5.74, 6) is 0.775. The fourth-order valence-corrected chi connectivity index (χ4v) is 1.56. The molecule has 2 aromatic rings. The third-order valence-corrected chi connectivity index (χ3v) is 2.62. The molecule has 0 aliphatic rings. The van der Waals surface area contributed by atoms with Gasteiger partial charge in [0, 0.05) is 30.5 Å². The van der Waals surface area contributed by atoms with E-state index >= 15 is 0 Å². The maximum absolute atomic E-state index is 5.65. The second-order valence-electron chi connectivity index (χ2n) is 4.67. The van der Waals surface area contributed by atoms with Gasteiger partial charge < -0.3 is 10.1 Å². The molecule has 2 heterocycles. The molecule has 4 heteroatoms. The van der Waals surface area contributed by atoms with E-state index in [2.05, 4.69) is 29.1 Å². The fraction of sp³-hybridized carbons (Fsp3) is 0.333. The van der Waals surface area contributed by atoms with E-state index in [9.17, 15) is 0 Å². The van der Waals surface area contributed by atoms with Crippen LogP contribution >= 0.6 is 0 Å². The lowest BCUT2D eigenvalue weighted by Gasteiger charge is -2.09. The number of nitrogens with one attached hydrogen (secondary N) is 1. The Morgan fingerprint density at radius 3 is 2.74 bits per heavy atom. The lowest BCUT2D eigenvalue weighted by Crippen LogP contribution is -2.22. The number of hydrogen-bond acceptors (Lipinski definition) is 4. The summed E-state index contributed by atoms with van der Waals surface area (Å²) in [6.45, 7) is 5.52. The van der Waals surface area contributed by atoms with E-state index in [1.807, 2.05) is 24.3 Å². The van der Waals surface area contributed by atoms with Gasteiger partial charge >= 0.3 is 0 Å². The second kappa shape index (κ2) is 6.85. The molecule has 0 bridgehead atoms. The van der Waals surface area contributed by atoms with Crippen molar-refractivity contribution in [3.8, 4) is 5.75 Å². The first-order valence-corrected chi connectivity index (χ1v) is 6.44. The van der Waals surface area contributed by atoms with E-state index in [0.717, 1.165) is 23.6 Å². The van der Waals surface area contributed by atoms with Crippen LogP contribution in [0.1, 0.15) is 25.1 Å². The summed E-state index contributed by atoms with van der Waals surface area (Å²) >= 11 is 0. The molecule has 0 aliphatic carbocycles. The molecule has 100 valence electrons. The summed E-state index contributed by atoms with van der Waals surface area (Å²) in [5, 5.41) is 3.33. The number of ether oxygens (including phenoxy) is 1. The minimum Gasteiger partial charge on any atom is -0.487 e. The van der Waals surface area contributed by atoms with E-state index in [-0.39, 0.29) is 0 Å². The average Bonchev–Trinajstić information content (AvgIpc) is 2.45. The Labute approximate surface area is 113 Å². The van der Waals surface area contributed by atoms with Crippen LogP contribution in [0.2, 0.25) is 0 Å². The maximum Gasteiger partial charge on any atom is 0.138 e. The Hall–Kier alpha value is -1.94. The van der Waals surface area contributed by atoms with Crippen molar-refractivity contribution in [3.63, 3.8) is 0 Å². The molecule has 0 aliphatic heterocycles. The van der Waals surface area contributed by atoms with Crippen molar-refractivity contribution in [2.45, 2.75) is 33.0 Å². The van der Waals surface area contributed by atoms with Gasteiger partial charge in [-0.1, -0.05) is 19.9 Å². The normalized spacial score (nSPS) is 10.7. The SMILES string of the molecule is CC(C)NCc1ccc(OCc2cccnc2)cn1. The van der Waals surface area contributed by atoms with Crippen molar-refractivity contribution in [2.75, 3.05) is 0 Å². The third-order valence-electron chi connectivity index (χ3n) is 2.62. The molecule has 0 saturated heterocycles. The van der Waals surface area contributed by atoms with Gasteiger partial charge in [0.25, 0.3) is 0 Å². The summed E-state index contributed by atoms with van der Waals surface area (Å²) in [4.78, 5) is 8.41. The number of aromatic nitrogens is 2. The lowest BCUT2D eigenvalue weighted by atomic mass is 10.3. The maximum atomic E-state index is 5.65. The minimum atomic E-state index is 0.461. The minimum absolute atomic E-state index is 0.461. The molecule has 0 atom stereocenters. The van der Waals surface area contributed by atoms with E-state index in [0.29, 0.717) is 12.6 Å². The molecule has 2 aromatic heterocycles. The summed E-state index contributed by atoms with van der Waals surface area (Å²) in [5.41, 5.74) is 2.07. The molecule has 0 aromatic carbocycles. The zero-order valence-corrected chi connectivity index (χ0v) is 11.3. The van der Waals surface area contributed by atoms with Crippen LogP contribution in [-0.4, -0.2) is 16.0 Å². The molecule has 1 N–H and O–H groups in total. The van der Waals surface area contributed by atoms with Gasteiger partial charge in [-0.3, -0.25) is 9.97 Å². The zero-order chi connectivity index (χ0) is 13.5. The van der Waals surface area contributed by atoms with E-state index in [1.54, 1.807) is 18.6 Å². The Morgan fingerprint density at radius 2 is 2.11 bits per heavy atom. The number of pyridine rings is 2. The average molecular weight is 257 g/mol. The smallest absolute Gasteiger partial charge is 0.138 e.